The second-order valence-electron chi connectivity index (χ2n) is 6.32. The molecule has 1 aliphatic heterocycles. The van der Waals surface area contributed by atoms with E-state index in [1.807, 2.05) is 25.7 Å². The molecule has 0 unspecified atom stereocenters. The van der Waals surface area contributed by atoms with Crippen LogP contribution in [0, 0.1) is 0 Å². The van der Waals surface area contributed by atoms with Gasteiger partial charge in [-0.1, -0.05) is 19.0 Å². The first-order valence-electron chi connectivity index (χ1n) is 8.02. The van der Waals surface area contributed by atoms with Gasteiger partial charge in [-0.25, -0.2) is 9.67 Å². The number of hydrogen-bond acceptors (Lipinski definition) is 6. The fraction of sp³-hybridized carbons (Fsp3) is 0.667. The van der Waals surface area contributed by atoms with E-state index in [-0.39, 0.29) is 23.8 Å². The Morgan fingerprint density at radius 2 is 2.22 bits per heavy atom. The molecule has 0 radical (unpaired) electrons. The minimum atomic E-state index is -0.354. The van der Waals surface area contributed by atoms with Crippen molar-refractivity contribution in [1.82, 2.24) is 29.8 Å². The molecule has 0 aromatic carbocycles. The van der Waals surface area contributed by atoms with Crippen LogP contribution in [0.2, 0.25) is 0 Å². The van der Waals surface area contributed by atoms with Crippen molar-refractivity contribution in [1.29, 1.82) is 0 Å². The SMILES string of the molecule is CC(C)c1nc([C@@H]2CCCN(C(=O)[C@H](C)n3cncn3)C2)no1. The van der Waals surface area contributed by atoms with Gasteiger partial charge in [0, 0.05) is 24.9 Å². The highest BCUT2D eigenvalue weighted by Gasteiger charge is 2.31. The van der Waals surface area contributed by atoms with Gasteiger partial charge in [-0.3, -0.25) is 4.79 Å². The molecule has 1 saturated heterocycles. The van der Waals surface area contributed by atoms with Gasteiger partial charge in [0.1, 0.15) is 18.7 Å². The largest absolute Gasteiger partial charge is 0.340 e. The molecular formula is C15H22N6O2. The Morgan fingerprint density at radius 1 is 1.39 bits per heavy atom. The molecule has 1 aliphatic rings. The lowest BCUT2D eigenvalue weighted by Gasteiger charge is -2.33. The lowest BCUT2D eigenvalue weighted by atomic mass is 9.97. The van der Waals surface area contributed by atoms with E-state index in [1.165, 1.54) is 6.33 Å². The van der Waals surface area contributed by atoms with E-state index in [2.05, 4.69) is 20.2 Å². The Kier molecular flexibility index (Phi) is 4.40. The van der Waals surface area contributed by atoms with Crippen molar-refractivity contribution < 1.29 is 9.32 Å². The molecule has 3 heterocycles. The van der Waals surface area contributed by atoms with Gasteiger partial charge in [-0.15, -0.1) is 0 Å². The number of hydrogen-bond donors (Lipinski definition) is 0. The van der Waals surface area contributed by atoms with E-state index >= 15 is 0 Å². The minimum Gasteiger partial charge on any atom is -0.340 e. The fourth-order valence-electron chi connectivity index (χ4n) is 2.83. The van der Waals surface area contributed by atoms with Gasteiger partial charge >= 0.3 is 0 Å². The number of amides is 1. The van der Waals surface area contributed by atoms with Crippen molar-refractivity contribution in [3.8, 4) is 0 Å². The van der Waals surface area contributed by atoms with Crippen LogP contribution in [0.25, 0.3) is 0 Å². The van der Waals surface area contributed by atoms with E-state index in [9.17, 15) is 4.79 Å². The molecule has 2 atom stereocenters. The lowest BCUT2D eigenvalue weighted by molar-refractivity contribution is -0.135. The van der Waals surface area contributed by atoms with E-state index < -0.39 is 0 Å². The third-order valence-electron chi connectivity index (χ3n) is 4.24. The predicted molar refractivity (Wildman–Crippen MR) is 81.7 cm³/mol. The maximum absolute atomic E-state index is 12.7. The summed E-state index contributed by atoms with van der Waals surface area (Å²) >= 11 is 0. The lowest BCUT2D eigenvalue weighted by Crippen LogP contribution is -2.42. The molecule has 2 aromatic heterocycles. The summed E-state index contributed by atoms with van der Waals surface area (Å²) in [5, 5.41) is 8.15. The Hall–Kier alpha value is -2.25. The first-order valence-corrected chi connectivity index (χ1v) is 8.02. The zero-order valence-electron chi connectivity index (χ0n) is 13.7. The average Bonchev–Trinajstić information content (AvgIpc) is 3.25. The molecule has 124 valence electrons. The van der Waals surface area contributed by atoms with Crippen LogP contribution < -0.4 is 0 Å². The summed E-state index contributed by atoms with van der Waals surface area (Å²) in [6.45, 7) is 7.26. The summed E-state index contributed by atoms with van der Waals surface area (Å²) in [7, 11) is 0. The molecule has 0 bridgehead atoms. The van der Waals surface area contributed by atoms with Crippen molar-refractivity contribution in [3.63, 3.8) is 0 Å². The van der Waals surface area contributed by atoms with Crippen molar-refractivity contribution in [2.24, 2.45) is 0 Å². The third-order valence-corrected chi connectivity index (χ3v) is 4.24. The molecule has 23 heavy (non-hydrogen) atoms. The summed E-state index contributed by atoms with van der Waals surface area (Å²) in [6, 6.07) is -0.354. The Balaban J connectivity index is 1.69. The Bertz CT molecular complexity index is 651. The van der Waals surface area contributed by atoms with E-state index in [0.717, 1.165) is 19.4 Å². The summed E-state index contributed by atoms with van der Waals surface area (Å²) in [4.78, 5) is 22.9. The zero-order chi connectivity index (χ0) is 16.4. The van der Waals surface area contributed by atoms with Gasteiger partial charge in [0.15, 0.2) is 5.82 Å². The summed E-state index contributed by atoms with van der Waals surface area (Å²) in [5.41, 5.74) is 0. The van der Waals surface area contributed by atoms with Crippen LogP contribution >= 0.6 is 0 Å². The molecule has 8 nitrogen and oxygen atoms in total. The molecule has 0 N–H and O–H groups in total. The molecular weight excluding hydrogens is 296 g/mol. The Morgan fingerprint density at radius 3 is 2.87 bits per heavy atom. The molecule has 0 saturated carbocycles. The molecule has 2 aromatic rings. The molecule has 3 rings (SSSR count). The predicted octanol–water partition coefficient (Wildman–Crippen LogP) is 1.75. The first kappa shape index (κ1) is 15.6. The van der Waals surface area contributed by atoms with Crippen LogP contribution in [-0.4, -0.2) is 48.8 Å². The van der Waals surface area contributed by atoms with Crippen LogP contribution in [0.5, 0.6) is 0 Å². The number of nitrogens with zero attached hydrogens (tertiary/aromatic N) is 6. The molecule has 1 amide bonds. The van der Waals surface area contributed by atoms with Crippen molar-refractivity contribution in [2.75, 3.05) is 13.1 Å². The van der Waals surface area contributed by atoms with Crippen molar-refractivity contribution >= 4 is 5.91 Å². The van der Waals surface area contributed by atoms with E-state index in [0.29, 0.717) is 18.3 Å². The highest BCUT2D eigenvalue weighted by Crippen LogP contribution is 2.27. The van der Waals surface area contributed by atoms with E-state index in [4.69, 9.17) is 4.52 Å². The Labute approximate surface area is 134 Å². The van der Waals surface area contributed by atoms with E-state index in [1.54, 1.807) is 11.0 Å². The number of aromatic nitrogens is 5. The van der Waals surface area contributed by atoms with Crippen LogP contribution in [0.4, 0.5) is 0 Å². The van der Waals surface area contributed by atoms with Crippen LogP contribution in [0.3, 0.4) is 0 Å². The zero-order valence-corrected chi connectivity index (χ0v) is 13.7. The van der Waals surface area contributed by atoms with Gasteiger partial charge in [0.25, 0.3) is 0 Å². The second kappa shape index (κ2) is 6.47. The monoisotopic (exact) mass is 318 g/mol. The van der Waals surface area contributed by atoms with Crippen molar-refractivity contribution in [3.05, 3.63) is 24.4 Å². The highest BCUT2D eigenvalue weighted by atomic mass is 16.5. The third kappa shape index (κ3) is 3.25. The maximum Gasteiger partial charge on any atom is 0.247 e. The quantitative estimate of drug-likeness (QED) is 0.853. The maximum atomic E-state index is 12.7. The van der Waals surface area contributed by atoms with Gasteiger partial charge in [-0.2, -0.15) is 10.1 Å². The van der Waals surface area contributed by atoms with Gasteiger partial charge in [-0.05, 0) is 19.8 Å². The number of carbonyl (C=O) groups is 1. The number of piperidine rings is 1. The van der Waals surface area contributed by atoms with Gasteiger partial charge < -0.3 is 9.42 Å². The summed E-state index contributed by atoms with van der Waals surface area (Å²) in [5.74, 6) is 1.75. The summed E-state index contributed by atoms with van der Waals surface area (Å²) in [6.07, 6.45) is 4.91. The average molecular weight is 318 g/mol. The van der Waals surface area contributed by atoms with Crippen LogP contribution in [0.1, 0.15) is 63.2 Å². The number of rotatable bonds is 4. The second-order valence-corrected chi connectivity index (χ2v) is 6.32. The first-order chi connectivity index (χ1) is 11.1. The van der Waals surface area contributed by atoms with Gasteiger partial charge in [0.2, 0.25) is 11.8 Å². The van der Waals surface area contributed by atoms with Crippen molar-refractivity contribution in [2.45, 2.75) is 51.5 Å². The highest BCUT2D eigenvalue weighted by molar-refractivity contribution is 5.80. The normalized spacial score (nSPS) is 20.0. The molecule has 0 spiro atoms. The fourth-order valence-corrected chi connectivity index (χ4v) is 2.83. The van der Waals surface area contributed by atoms with Crippen LogP contribution in [0.15, 0.2) is 17.2 Å². The number of carbonyl (C=O) groups excluding carboxylic acids is 1. The number of likely N-dealkylation sites (tertiary alicyclic amines) is 1. The summed E-state index contributed by atoms with van der Waals surface area (Å²) < 4.78 is 6.87. The molecule has 1 fully saturated rings. The van der Waals surface area contributed by atoms with Crippen LogP contribution in [-0.2, 0) is 4.79 Å². The molecule has 8 heteroatoms. The minimum absolute atomic E-state index is 0.0489. The van der Waals surface area contributed by atoms with Gasteiger partial charge in [0.05, 0.1) is 0 Å². The smallest absolute Gasteiger partial charge is 0.247 e. The standard InChI is InChI=1S/C15H22N6O2/c1-10(2)14-18-13(19-23-14)12-5-4-6-20(7-12)15(22)11(3)21-9-16-8-17-21/h8-12H,4-7H2,1-3H3/t11-,12+/m0/s1. The molecule has 0 aliphatic carbocycles. The topological polar surface area (TPSA) is 89.9 Å².